The quantitative estimate of drug-likeness (QED) is 0.363. The number of halogens is 2. The van der Waals surface area contributed by atoms with Gasteiger partial charge in [0.05, 0.1) is 29.9 Å². The first-order valence-corrected chi connectivity index (χ1v) is 12.0. The molecule has 6 nitrogen and oxygen atoms in total. The second-order valence-corrected chi connectivity index (χ2v) is 9.34. The van der Waals surface area contributed by atoms with Crippen LogP contribution in [0.5, 0.6) is 11.5 Å². The number of aromatic nitrogens is 2. The molecule has 0 saturated carbocycles. The molecular weight excluding hydrogens is 489 g/mol. The summed E-state index contributed by atoms with van der Waals surface area (Å²) in [7, 11) is 0. The van der Waals surface area contributed by atoms with Gasteiger partial charge in [-0.15, -0.1) is 0 Å². The zero-order valence-electron chi connectivity index (χ0n) is 20.6. The van der Waals surface area contributed by atoms with E-state index in [2.05, 4.69) is 4.98 Å². The number of benzene rings is 3. The van der Waals surface area contributed by atoms with Crippen LogP contribution in [0.15, 0.2) is 48.5 Å². The first-order valence-electron chi connectivity index (χ1n) is 12.0. The number of fused-ring (bicyclic) bond motifs is 3. The van der Waals surface area contributed by atoms with Crippen LogP contribution in [0.2, 0.25) is 0 Å². The number of carbonyl (C=O) groups excluding carboxylic acids is 1. The van der Waals surface area contributed by atoms with E-state index in [0.29, 0.717) is 48.7 Å². The fraction of sp³-hybridized carbons (Fsp3) is 0.286. The molecule has 37 heavy (non-hydrogen) atoms. The first kappa shape index (κ1) is 25.7. The molecule has 0 aliphatic carbocycles. The molecule has 0 N–H and O–H groups in total. The third kappa shape index (κ3) is 4.51. The SMILES string of the molecule is CCc1nc2cc(F)c(F)cc2n1-c1cccc2c1OC[C@H]2Cc1ccc2c(c1)OC[C@H]2CC(=O)[O-].[Na+]. The summed E-state index contributed by atoms with van der Waals surface area (Å²) in [6.07, 6.45) is 1.24. The van der Waals surface area contributed by atoms with Crippen LogP contribution in [0.25, 0.3) is 16.7 Å². The molecule has 0 saturated heterocycles. The minimum atomic E-state index is -1.08. The van der Waals surface area contributed by atoms with Gasteiger partial charge in [-0.2, -0.15) is 0 Å². The van der Waals surface area contributed by atoms with Gasteiger partial charge in [0.15, 0.2) is 11.6 Å². The zero-order valence-corrected chi connectivity index (χ0v) is 22.6. The van der Waals surface area contributed by atoms with Crippen LogP contribution in [-0.4, -0.2) is 28.7 Å². The number of rotatable bonds is 6. The van der Waals surface area contributed by atoms with Gasteiger partial charge in [-0.25, -0.2) is 13.8 Å². The average Bonchev–Trinajstić information content (AvgIpc) is 3.55. The predicted molar refractivity (Wildman–Crippen MR) is 127 cm³/mol. The molecule has 1 aromatic heterocycles. The molecule has 2 aliphatic heterocycles. The Hall–Kier alpha value is -2.94. The van der Waals surface area contributed by atoms with E-state index >= 15 is 0 Å². The summed E-state index contributed by atoms with van der Waals surface area (Å²) >= 11 is 0. The molecule has 2 aliphatic rings. The molecule has 184 valence electrons. The van der Waals surface area contributed by atoms with E-state index in [-0.39, 0.29) is 47.8 Å². The Morgan fingerprint density at radius 1 is 1.05 bits per heavy atom. The maximum absolute atomic E-state index is 14.1. The van der Waals surface area contributed by atoms with E-state index in [1.807, 2.05) is 47.9 Å². The smallest absolute Gasteiger partial charge is 0.550 e. The van der Waals surface area contributed by atoms with Crippen LogP contribution >= 0.6 is 0 Å². The molecule has 4 aromatic rings. The number of imidazole rings is 1. The second kappa shape index (κ2) is 10.1. The van der Waals surface area contributed by atoms with Gasteiger partial charge in [0.2, 0.25) is 0 Å². The number of nitrogens with zero attached hydrogens (tertiary/aromatic N) is 2. The van der Waals surface area contributed by atoms with E-state index < -0.39 is 17.6 Å². The van der Waals surface area contributed by atoms with E-state index in [4.69, 9.17) is 9.47 Å². The largest absolute Gasteiger partial charge is 1.00 e. The van der Waals surface area contributed by atoms with Gasteiger partial charge < -0.3 is 19.4 Å². The molecule has 0 fully saturated rings. The molecule has 9 heteroatoms. The monoisotopic (exact) mass is 512 g/mol. The van der Waals surface area contributed by atoms with Gasteiger partial charge in [-0.1, -0.05) is 31.2 Å². The minimum Gasteiger partial charge on any atom is -0.550 e. The summed E-state index contributed by atoms with van der Waals surface area (Å²) in [5, 5.41) is 11.0. The number of aliphatic carboxylic acids is 1. The second-order valence-electron chi connectivity index (χ2n) is 9.34. The van der Waals surface area contributed by atoms with E-state index in [9.17, 15) is 18.7 Å². The molecule has 3 aromatic carbocycles. The molecule has 3 heterocycles. The molecule has 0 amide bonds. The summed E-state index contributed by atoms with van der Waals surface area (Å²) in [5.74, 6) is -0.892. The fourth-order valence-corrected chi connectivity index (χ4v) is 5.37. The minimum absolute atomic E-state index is 0. The third-order valence-electron chi connectivity index (χ3n) is 7.07. The van der Waals surface area contributed by atoms with Crippen molar-refractivity contribution >= 4 is 17.0 Å². The zero-order chi connectivity index (χ0) is 25.0. The number of carboxylic acids is 1. The van der Waals surface area contributed by atoms with Crippen molar-refractivity contribution in [2.24, 2.45) is 0 Å². The van der Waals surface area contributed by atoms with Crippen LogP contribution in [0.1, 0.15) is 47.7 Å². The molecule has 2 atom stereocenters. The third-order valence-corrected chi connectivity index (χ3v) is 7.07. The van der Waals surface area contributed by atoms with Crippen molar-refractivity contribution in [2.75, 3.05) is 13.2 Å². The van der Waals surface area contributed by atoms with Crippen LogP contribution < -0.4 is 44.1 Å². The molecule has 6 rings (SSSR count). The summed E-state index contributed by atoms with van der Waals surface area (Å²) in [5.41, 5.74) is 4.64. The fourth-order valence-electron chi connectivity index (χ4n) is 5.37. The maximum Gasteiger partial charge on any atom is 1.00 e. The van der Waals surface area contributed by atoms with Crippen LogP contribution in [0.3, 0.4) is 0 Å². The van der Waals surface area contributed by atoms with Gasteiger partial charge in [-0.3, -0.25) is 4.57 Å². The van der Waals surface area contributed by atoms with Crippen LogP contribution in [0, 0.1) is 11.6 Å². The van der Waals surface area contributed by atoms with Gasteiger partial charge in [-0.05, 0) is 30.5 Å². The van der Waals surface area contributed by atoms with Crippen molar-refractivity contribution < 1.29 is 57.7 Å². The Bertz CT molecular complexity index is 1520. The molecule has 0 unspecified atom stereocenters. The summed E-state index contributed by atoms with van der Waals surface area (Å²) in [4.78, 5) is 15.5. The van der Waals surface area contributed by atoms with Gasteiger partial charge >= 0.3 is 29.6 Å². The summed E-state index contributed by atoms with van der Waals surface area (Å²) in [6.45, 7) is 2.77. The topological polar surface area (TPSA) is 76.4 Å². The Morgan fingerprint density at radius 2 is 1.84 bits per heavy atom. The number of ether oxygens (including phenoxy) is 2. The standard InChI is InChI=1S/C28H24F2N2O4.Na/c1-2-26-31-22-11-20(29)21(30)12-24(22)32(26)23-5-3-4-19-16(14-36-28(19)23)8-15-6-7-18-17(10-27(33)34)13-35-25(18)9-15;/h3-7,9,11-12,16-17H,2,8,10,13-14H2,1H3,(H,33,34);/q;+1/p-1/t16-,17-;/m1./s1. The molecule has 0 radical (unpaired) electrons. The van der Waals surface area contributed by atoms with Gasteiger partial charge in [0.25, 0.3) is 0 Å². The predicted octanol–water partition coefficient (Wildman–Crippen LogP) is 1.20. The van der Waals surface area contributed by atoms with Gasteiger partial charge in [0.1, 0.15) is 17.3 Å². The molecule has 0 bridgehead atoms. The van der Waals surface area contributed by atoms with E-state index in [1.54, 1.807) is 0 Å². The Kier molecular flexibility index (Phi) is 7.00. The van der Waals surface area contributed by atoms with E-state index in [1.165, 1.54) is 6.07 Å². The number of hydrogen-bond donors (Lipinski definition) is 0. The Labute approximate surface area is 234 Å². The maximum atomic E-state index is 14.1. The average molecular weight is 512 g/mol. The summed E-state index contributed by atoms with van der Waals surface area (Å²) < 4.78 is 41.7. The Morgan fingerprint density at radius 3 is 2.62 bits per heavy atom. The molecule has 0 spiro atoms. The van der Waals surface area contributed by atoms with Crippen molar-refractivity contribution in [1.82, 2.24) is 9.55 Å². The number of para-hydroxylation sites is 1. The van der Waals surface area contributed by atoms with Crippen molar-refractivity contribution in [1.29, 1.82) is 0 Å². The number of carbonyl (C=O) groups is 1. The van der Waals surface area contributed by atoms with Crippen molar-refractivity contribution in [3.63, 3.8) is 0 Å². The summed E-state index contributed by atoms with van der Waals surface area (Å²) in [6, 6.07) is 14.1. The number of aryl methyl sites for hydroxylation is 1. The number of carboxylic acid groups (broad SMARTS) is 1. The van der Waals surface area contributed by atoms with Gasteiger partial charge in [0, 0.05) is 47.5 Å². The number of hydrogen-bond acceptors (Lipinski definition) is 5. The van der Waals surface area contributed by atoms with Crippen molar-refractivity contribution in [3.8, 4) is 17.2 Å². The van der Waals surface area contributed by atoms with E-state index in [0.717, 1.165) is 34.2 Å². The molecular formula is C28H23F2N2NaO4. The van der Waals surface area contributed by atoms with Crippen molar-refractivity contribution in [3.05, 3.63) is 82.7 Å². The first-order chi connectivity index (χ1) is 17.4. The normalized spacial score (nSPS) is 17.6. The van der Waals surface area contributed by atoms with Crippen LogP contribution in [0.4, 0.5) is 8.78 Å². The van der Waals surface area contributed by atoms with Crippen molar-refractivity contribution in [2.45, 2.75) is 38.0 Å². The Balaban J connectivity index is 0.00000280. The van der Waals surface area contributed by atoms with Crippen LogP contribution in [-0.2, 0) is 17.6 Å².